The Morgan fingerprint density at radius 3 is 2.89 bits per heavy atom. The fraction of sp³-hybridized carbons (Fsp3) is 0.400. The highest BCUT2D eigenvalue weighted by Crippen LogP contribution is 2.38. The van der Waals surface area contributed by atoms with Crippen molar-refractivity contribution >= 4 is 0 Å². The lowest BCUT2D eigenvalue weighted by atomic mass is 10.0. The Bertz CT molecular complexity index is 526. The summed E-state index contributed by atoms with van der Waals surface area (Å²) < 4.78 is 2.32. The molecule has 0 saturated heterocycles. The molecule has 1 aromatic carbocycles. The molecular weight excluding hydrogens is 222 g/mol. The lowest BCUT2D eigenvalue weighted by Gasteiger charge is -2.11. The van der Waals surface area contributed by atoms with Gasteiger partial charge in [-0.25, -0.2) is 4.98 Å². The van der Waals surface area contributed by atoms with Gasteiger partial charge in [-0.15, -0.1) is 0 Å². The predicted molar refractivity (Wildman–Crippen MR) is 73.3 cm³/mol. The lowest BCUT2D eigenvalue weighted by Crippen LogP contribution is -2.02. The van der Waals surface area contributed by atoms with E-state index < -0.39 is 0 Å². The van der Waals surface area contributed by atoms with Crippen molar-refractivity contribution in [1.29, 1.82) is 0 Å². The van der Waals surface area contributed by atoms with Crippen LogP contribution >= 0.6 is 0 Å². The second-order valence-corrected chi connectivity index (χ2v) is 4.97. The van der Waals surface area contributed by atoms with E-state index in [0.717, 1.165) is 19.4 Å². The van der Waals surface area contributed by atoms with E-state index in [-0.39, 0.29) is 0 Å². The van der Waals surface area contributed by atoms with Gasteiger partial charge in [0.2, 0.25) is 0 Å². The Labute approximate surface area is 108 Å². The minimum absolute atomic E-state index is 0.671. The Hall–Kier alpha value is -1.61. The highest BCUT2D eigenvalue weighted by atomic mass is 15.1. The molecule has 0 unspecified atom stereocenters. The molecule has 18 heavy (non-hydrogen) atoms. The second kappa shape index (κ2) is 4.94. The Morgan fingerprint density at radius 1 is 1.28 bits per heavy atom. The van der Waals surface area contributed by atoms with Crippen LogP contribution in [-0.2, 0) is 6.42 Å². The number of nitrogens with two attached hydrogens (primary N) is 1. The van der Waals surface area contributed by atoms with Gasteiger partial charge in [0.05, 0.1) is 18.2 Å². The van der Waals surface area contributed by atoms with Crippen LogP contribution in [0.25, 0.3) is 11.3 Å². The molecule has 1 heterocycles. The van der Waals surface area contributed by atoms with Gasteiger partial charge in [-0.1, -0.05) is 24.3 Å². The van der Waals surface area contributed by atoms with E-state index >= 15 is 0 Å². The van der Waals surface area contributed by atoms with Gasteiger partial charge in [0.15, 0.2) is 0 Å². The summed E-state index contributed by atoms with van der Waals surface area (Å²) >= 11 is 0. The fourth-order valence-corrected chi connectivity index (χ4v) is 2.44. The van der Waals surface area contributed by atoms with E-state index in [0.29, 0.717) is 6.04 Å². The Balaban J connectivity index is 1.97. The van der Waals surface area contributed by atoms with Crippen LogP contribution in [0.15, 0.2) is 36.8 Å². The van der Waals surface area contributed by atoms with Gasteiger partial charge in [0.1, 0.15) is 0 Å². The van der Waals surface area contributed by atoms with Crippen molar-refractivity contribution < 1.29 is 0 Å². The van der Waals surface area contributed by atoms with E-state index in [1.165, 1.54) is 29.7 Å². The zero-order valence-corrected chi connectivity index (χ0v) is 10.5. The average molecular weight is 241 g/mol. The van der Waals surface area contributed by atoms with E-state index in [4.69, 9.17) is 5.73 Å². The first-order valence-electron chi connectivity index (χ1n) is 6.70. The molecule has 0 amide bonds. The highest BCUT2D eigenvalue weighted by molar-refractivity contribution is 5.64. The molecule has 2 N–H and O–H groups in total. The normalized spacial score (nSPS) is 14.9. The predicted octanol–water partition coefficient (Wildman–Crippen LogP) is 2.78. The smallest absolute Gasteiger partial charge is 0.0953 e. The molecule has 3 rings (SSSR count). The number of benzene rings is 1. The maximum atomic E-state index is 5.62. The van der Waals surface area contributed by atoms with Gasteiger partial charge in [0, 0.05) is 11.6 Å². The highest BCUT2D eigenvalue weighted by Gasteiger charge is 2.26. The number of nitrogens with zero attached hydrogens (tertiary/aromatic N) is 2. The maximum absolute atomic E-state index is 5.62. The van der Waals surface area contributed by atoms with Crippen LogP contribution in [0, 0.1) is 0 Å². The van der Waals surface area contributed by atoms with Crippen LogP contribution < -0.4 is 5.73 Å². The van der Waals surface area contributed by atoms with E-state index in [9.17, 15) is 0 Å². The molecule has 1 fully saturated rings. The molecule has 0 radical (unpaired) electrons. The zero-order chi connectivity index (χ0) is 12.4. The Morgan fingerprint density at radius 2 is 2.11 bits per heavy atom. The van der Waals surface area contributed by atoms with Crippen molar-refractivity contribution in [2.75, 3.05) is 6.54 Å². The molecule has 2 aromatic rings. The number of aromatic nitrogens is 2. The number of aryl methyl sites for hydroxylation is 1. The third-order valence-corrected chi connectivity index (χ3v) is 3.55. The average Bonchev–Trinajstić information content (AvgIpc) is 3.14. The third-order valence-electron chi connectivity index (χ3n) is 3.55. The van der Waals surface area contributed by atoms with Crippen LogP contribution in [-0.4, -0.2) is 16.1 Å². The quantitative estimate of drug-likeness (QED) is 0.874. The van der Waals surface area contributed by atoms with Crippen LogP contribution in [0.1, 0.15) is 30.9 Å². The molecule has 0 atom stereocenters. The van der Waals surface area contributed by atoms with Gasteiger partial charge in [-0.2, -0.15) is 0 Å². The number of hydrogen-bond acceptors (Lipinski definition) is 2. The molecule has 1 aromatic heterocycles. The first-order valence-corrected chi connectivity index (χ1v) is 6.70. The zero-order valence-electron chi connectivity index (χ0n) is 10.5. The minimum atomic E-state index is 0.671. The van der Waals surface area contributed by atoms with Crippen molar-refractivity contribution in [2.45, 2.75) is 31.7 Å². The van der Waals surface area contributed by atoms with Crippen molar-refractivity contribution in [3.8, 4) is 11.3 Å². The van der Waals surface area contributed by atoms with E-state index in [1.807, 2.05) is 12.5 Å². The Kier molecular flexibility index (Phi) is 3.15. The molecule has 94 valence electrons. The molecule has 0 spiro atoms. The first-order chi connectivity index (χ1) is 8.90. The number of hydrogen-bond donors (Lipinski definition) is 1. The largest absolute Gasteiger partial charge is 0.330 e. The molecule has 0 bridgehead atoms. The fourth-order valence-electron chi connectivity index (χ4n) is 2.44. The molecule has 1 aliphatic rings. The molecule has 3 nitrogen and oxygen atoms in total. The van der Waals surface area contributed by atoms with Crippen LogP contribution in [0.5, 0.6) is 0 Å². The summed E-state index contributed by atoms with van der Waals surface area (Å²) in [6.07, 6.45) is 8.60. The summed E-state index contributed by atoms with van der Waals surface area (Å²) in [5.41, 5.74) is 9.57. The van der Waals surface area contributed by atoms with E-state index in [1.54, 1.807) is 0 Å². The third kappa shape index (κ3) is 2.18. The van der Waals surface area contributed by atoms with Gasteiger partial charge in [0.25, 0.3) is 0 Å². The summed E-state index contributed by atoms with van der Waals surface area (Å²) in [5.74, 6) is 0. The summed E-state index contributed by atoms with van der Waals surface area (Å²) in [6, 6.07) is 9.28. The van der Waals surface area contributed by atoms with Crippen molar-refractivity contribution in [3.05, 3.63) is 42.4 Å². The first kappa shape index (κ1) is 11.5. The summed E-state index contributed by atoms with van der Waals surface area (Å²) in [6.45, 7) is 0.746. The van der Waals surface area contributed by atoms with Gasteiger partial charge in [-0.05, 0) is 37.8 Å². The van der Waals surface area contributed by atoms with Crippen molar-refractivity contribution in [2.24, 2.45) is 5.73 Å². The minimum Gasteiger partial charge on any atom is -0.330 e. The van der Waals surface area contributed by atoms with E-state index in [2.05, 4.69) is 33.8 Å². The van der Waals surface area contributed by atoms with Gasteiger partial charge >= 0.3 is 0 Å². The molecule has 3 heteroatoms. The monoisotopic (exact) mass is 241 g/mol. The van der Waals surface area contributed by atoms with Crippen molar-refractivity contribution in [3.63, 3.8) is 0 Å². The molecule has 0 aliphatic heterocycles. The standard InChI is InChI=1S/C15H19N3/c16-9-3-5-12-4-1-2-6-14(12)15-10-17-11-18(15)13-7-8-13/h1-2,4,6,10-11,13H,3,5,7-9,16H2. The summed E-state index contributed by atoms with van der Waals surface area (Å²) in [7, 11) is 0. The van der Waals surface area contributed by atoms with Crippen LogP contribution in [0.2, 0.25) is 0 Å². The van der Waals surface area contributed by atoms with Crippen LogP contribution in [0.3, 0.4) is 0 Å². The maximum Gasteiger partial charge on any atom is 0.0953 e. The molecule has 1 saturated carbocycles. The van der Waals surface area contributed by atoms with Gasteiger partial charge < -0.3 is 10.3 Å². The second-order valence-electron chi connectivity index (χ2n) is 4.97. The molecular formula is C15H19N3. The molecule has 1 aliphatic carbocycles. The topological polar surface area (TPSA) is 43.8 Å². The number of imidazole rings is 1. The summed E-state index contributed by atoms with van der Waals surface area (Å²) in [5, 5.41) is 0. The lowest BCUT2D eigenvalue weighted by molar-refractivity contribution is 0.746. The van der Waals surface area contributed by atoms with Crippen molar-refractivity contribution in [1.82, 2.24) is 9.55 Å². The SMILES string of the molecule is NCCCc1ccccc1-c1cncn1C1CC1. The summed E-state index contributed by atoms with van der Waals surface area (Å²) in [4.78, 5) is 4.32. The van der Waals surface area contributed by atoms with Gasteiger partial charge in [-0.3, -0.25) is 0 Å². The van der Waals surface area contributed by atoms with Crippen LogP contribution in [0.4, 0.5) is 0 Å². The number of rotatable bonds is 5.